The van der Waals surface area contributed by atoms with E-state index >= 15 is 0 Å². The molecule has 0 amide bonds. The Labute approximate surface area is 120 Å². The molecule has 1 N–H and O–H groups in total. The van der Waals surface area contributed by atoms with Crippen LogP contribution in [0, 0.1) is 0 Å². The van der Waals surface area contributed by atoms with Gasteiger partial charge in [0.2, 0.25) is 0 Å². The number of hydrogen-bond donors (Lipinski definition) is 1. The van der Waals surface area contributed by atoms with Crippen molar-refractivity contribution in [2.24, 2.45) is 0 Å². The summed E-state index contributed by atoms with van der Waals surface area (Å²) in [5, 5.41) is 4.45. The fraction of sp³-hybridized carbons (Fsp3) is 0.273. The van der Waals surface area contributed by atoms with E-state index in [1.165, 1.54) is 11.3 Å². The third-order valence-corrected chi connectivity index (χ3v) is 3.09. The van der Waals surface area contributed by atoms with Gasteiger partial charge in [0.1, 0.15) is 0 Å². The molecule has 0 bridgehead atoms. The lowest BCUT2D eigenvalue weighted by atomic mass is 10.1. The van der Waals surface area contributed by atoms with Crippen LogP contribution >= 0.6 is 40.7 Å². The van der Waals surface area contributed by atoms with E-state index in [1.807, 2.05) is 0 Å². The van der Waals surface area contributed by atoms with Crippen LogP contribution in [-0.2, 0) is 13.0 Å². The number of fused-ring (bicyclic) bond motifs is 2. The van der Waals surface area contributed by atoms with Crippen LogP contribution < -0.4 is 5.32 Å². The SMILES string of the molecule is Brc1cnc2nc3c(cc2c1)CNCC3.Cl.Cl. The van der Waals surface area contributed by atoms with Crippen LogP contribution in [0.5, 0.6) is 0 Å². The molecule has 3 rings (SSSR count). The van der Waals surface area contributed by atoms with Crippen LogP contribution in [0.15, 0.2) is 22.8 Å². The molecule has 17 heavy (non-hydrogen) atoms. The molecule has 0 spiro atoms. The van der Waals surface area contributed by atoms with Crippen molar-refractivity contribution in [1.82, 2.24) is 15.3 Å². The summed E-state index contributed by atoms with van der Waals surface area (Å²) in [6.07, 6.45) is 2.80. The molecule has 0 radical (unpaired) electrons. The van der Waals surface area contributed by atoms with Crippen molar-refractivity contribution in [2.75, 3.05) is 6.54 Å². The van der Waals surface area contributed by atoms with E-state index in [1.54, 1.807) is 6.20 Å². The Morgan fingerprint density at radius 3 is 2.88 bits per heavy atom. The van der Waals surface area contributed by atoms with Gasteiger partial charge in [0.15, 0.2) is 5.65 Å². The van der Waals surface area contributed by atoms with Gasteiger partial charge in [-0.3, -0.25) is 0 Å². The molecule has 1 aliphatic rings. The maximum absolute atomic E-state index is 4.58. The van der Waals surface area contributed by atoms with Crippen molar-refractivity contribution in [1.29, 1.82) is 0 Å². The van der Waals surface area contributed by atoms with Gasteiger partial charge in [-0.2, -0.15) is 0 Å². The summed E-state index contributed by atoms with van der Waals surface area (Å²) in [5.41, 5.74) is 3.34. The smallest absolute Gasteiger partial charge is 0.159 e. The van der Waals surface area contributed by atoms with Gasteiger partial charge in [0.25, 0.3) is 0 Å². The largest absolute Gasteiger partial charge is 0.312 e. The molecule has 1 aliphatic heterocycles. The Morgan fingerprint density at radius 2 is 2.06 bits per heavy atom. The van der Waals surface area contributed by atoms with Crippen LogP contribution in [-0.4, -0.2) is 16.5 Å². The molecule has 92 valence electrons. The first-order valence-electron chi connectivity index (χ1n) is 4.98. The summed E-state index contributed by atoms with van der Waals surface area (Å²) in [7, 11) is 0. The minimum atomic E-state index is 0. The van der Waals surface area contributed by atoms with Crippen LogP contribution in [0.4, 0.5) is 0 Å². The van der Waals surface area contributed by atoms with E-state index in [9.17, 15) is 0 Å². The lowest BCUT2D eigenvalue weighted by Gasteiger charge is -2.16. The second-order valence-corrected chi connectivity index (χ2v) is 4.64. The predicted molar refractivity (Wildman–Crippen MR) is 77.1 cm³/mol. The predicted octanol–water partition coefficient (Wildman–Crippen LogP) is 2.88. The third kappa shape index (κ3) is 2.88. The summed E-state index contributed by atoms with van der Waals surface area (Å²) in [6.45, 7) is 1.94. The van der Waals surface area contributed by atoms with Crippen LogP contribution in [0.1, 0.15) is 11.3 Å². The molecule has 0 saturated carbocycles. The zero-order chi connectivity index (χ0) is 10.3. The molecule has 2 aromatic heterocycles. The highest BCUT2D eigenvalue weighted by molar-refractivity contribution is 9.10. The van der Waals surface area contributed by atoms with E-state index in [0.29, 0.717) is 0 Å². The highest BCUT2D eigenvalue weighted by atomic mass is 79.9. The van der Waals surface area contributed by atoms with Gasteiger partial charge in [-0.25, -0.2) is 9.97 Å². The maximum atomic E-state index is 4.58. The Bertz CT molecular complexity index is 533. The van der Waals surface area contributed by atoms with E-state index in [2.05, 4.69) is 43.3 Å². The molecule has 0 aromatic carbocycles. The fourth-order valence-corrected chi connectivity index (χ4v) is 2.27. The molecular weight excluding hydrogens is 325 g/mol. The van der Waals surface area contributed by atoms with Crippen LogP contribution in [0.2, 0.25) is 0 Å². The molecule has 0 atom stereocenters. The minimum absolute atomic E-state index is 0. The van der Waals surface area contributed by atoms with E-state index in [0.717, 1.165) is 35.0 Å². The third-order valence-electron chi connectivity index (χ3n) is 2.66. The van der Waals surface area contributed by atoms with Gasteiger partial charge in [-0.05, 0) is 33.6 Å². The topological polar surface area (TPSA) is 37.8 Å². The Morgan fingerprint density at radius 1 is 1.24 bits per heavy atom. The summed E-state index contributed by atoms with van der Waals surface area (Å²) < 4.78 is 1.00. The molecule has 2 aromatic rings. The molecular formula is C11H12BrCl2N3. The summed E-state index contributed by atoms with van der Waals surface area (Å²) in [6, 6.07) is 4.24. The average molecular weight is 337 g/mol. The first kappa shape index (κ1) is 14.6. The Hall–Kier alpha value is -0.420. The van der Waals surface area contributed by atoms with Gasteiger partial charge in [0, 0.05) is 41.3 Å². The van der Waals surface area contributed by atoms with Crippen LogP contribution in [0.25, 0.3) is 11.0 Å². The average Bonchev–Trinajstić information content (AvgIpc) is 2.26. The van der Waals surface area contributed by atoms with Gasteiger partial charge in [-0.1, -0.05) is 0 Å². The standard InChI is InChI=1S/C11H10BrN3.2ClH/c12-9-4-7-3-8-5-13-2-1-10(8)15-11(7)14-6-9;;/h3-4,6,13H,1-2,5H2;2*1H. The number of nitrogens with zero attached hydrogens (tertiary/aromatic N) is 2. The van der Waals surface area contributed by atoms with Gasteiger partial charge in [0.05, 0.1) is 0 Å². The van der Waals surface area contributed by atoms with E-state index in [4.69, 9.17) is 0 Å². The number of pyridine rings is 2. The Balaban J connectivity index is 0.000000722. The van der Waals surface area contributed by atoms with Gasteiger partial charge >= 0.3 is 0 Å². The van der Waals surface area contributed by atoms with Gasteiger partial charge < -0.3 is 5.32 Å². The first-order valence-corrected chi connectivity index (χ1v) is 5.77. The number of halogens is 3. The molecule has 3 heterocycles. The number of nitrogens with one attached hydrogen (secondary N) is 1. The Kier molecular flexibility index (Phi) is 5.13. The second kappa shape index (κ2) is 5.96. The van der Waals surface area contributed by atoms with E-state index < -0.39 is 0 Å². The van der Waals surface area contributed by atoms with Crippen molar-refractivity contribution in [2.45, 2.75) is 13.0 Å². The zero-order valence-corrected chi connectivity index (χ0v) is 12.2. The first-order chi connectivity index (χ1) is 7.33. The minimum Gasteiger partial charge on any atom is -0.312 e. The van der Waals surface area contributed by atoms with Gasteiger partial charge in [-0.15, -0.1) is 24.8 Å². The second-order valence-electron chi connectivity index (χ2n) is 3.72. The number of hydrogen-bond acceptors (Lipinski definition) is 3. The fourth-order valence-electron chi connectivity index (χ4n) is 1.92. The van der Waals surface area contributed by atoms with Crippen LogP contribution in [0.3, 0.4) is 0 Å². The quantitative estimate of drug-likeness (QED) is 0.803. The number of aromatic nitrogens is 2. The highest BCUT2D eigenvalue weighted by Gasteiger charge is 2.11. The molecule has 6 heteroatoms. The maximum Gasteiger partial charge on any atom is 0.159 e. The normalized spacial score (nSPS) is 13.5. The lowest BCUT2D eigenvalue weighted by Crippen LogP contribution is -2.24. The zero-order valence-electron chi connectivity index (χ0n) is 8.94. The van der Waals surface area contributed by atoms with Crippen molar-refractivity contribution in [3.8, 4) is 0 Å². The van der Waals surface area contributed by atoms with Crippen molar-refractivity contribution in [3.05, 3.63) is 34.1 Å². The number of rotatable bonds is 0. The van der Waals surface area contributed by atoms with Crippen molar-refractivity contribution < 1.29 is 0 Å². The molecule has 0 fully saturated rings. The summed E-state index contributed by atoms with van der Waals surface area (Å²) in [5.74, 6) is 0. The summed E-state index contributed by atoms with van der Waals surface area (Å²) in [4.78, 5) is 8.90. The highest BCUT2D eigenvalue weighted by Crippen LogP contribution is 2.20. The molecule has 3 nitrogen and oxygen atoms in total. The molecule has 0 aliphatic carbocycles. The van der Waals surface area contributed by atoms with E-state index in [-0.39, 0.29) is 24.8 Å². The molecule has 0 saturated heterocycles. The summed E-state index contributed by atoms with van der Waals surface area (Å²) >= 11 is 3.42. The van der Waals surface area contributed by atoms with Crippen molar-refractivity contribution in [3.63, 3.8) is 0 Å². The monoisotopic (exact) mass is 335 g/mol. The lowest BCUT2D eigenvalue weighted by molar-refractivity contribution is 0.632. The molecule has 0 unspecified atom stereocenters. The van der Waals surface area contributed by atoms with Crippen molar-refractivity contribution >= 4 is 51.8 Å².